The van der Waals surface area contributed by atoms with Crippen LogP contribution >= 0.6 is 0 Å². The van der Waals surface area contributed by atoms with Crippen LogP contribution in [-0.2, 0) is 6.42 Å². The van der Waals surface area contributed by atoms with Crippen LogP contribution in [0.15, 0.2) is 48.5 Å². The average Bonchev–Trinajstić information content (AvgIpc) is 3.33. The minimum absolute atomic E-state index is 0.149. The molecule has 0 radical (unpaired) electrons. The molecule has 0 aromatic heterocycles. The summed E-state index contributed by atoms with van der Waals surface area (Å²) in [6.07, 6.45) is 2.58. The van der Waals surface area contributed by atoms with Gasteiger partial charge in [0.1, 0.15) is 5.75 Å². The van der Waals surface area contributed by atoms with Gasteiger partial charge in [0.05, 0.1) is 46.8 Å². The second kappa shape index (κ2) is 12.4. The molecule has 2 aliphatic heterocycles. The number of nitrogens with one attached hydrogen (secondary N) is 1. The fourth-order valence-electron chi connectivity index (χ4n) is 5.63. The number of para-hydroxylation sites is 2. The van der Waals surface area contributed by atoms with Crippen LogP contribution in [-0.4, -0.2) is 79.1 Å². The summed E-state index contributed by atoms with van der Waals surface area (Å²) in [5, 5.41) is 3.06. The number of rotatable bonds is 10. The van der Waals surface area contributed by atoms with Crippen LogP contribution in [0.25, 0.3) is 11.8 Å². The Hall–Kier alpha value is -4.37. The largest absolute Gasteiger partial charge is 0.495 e. The molecule has 3 aromatic rings. The zero-order chi connectivity index (χ0) is 28.9. The molecule has 2 heterocycles. The highest BCUT2D eigenvalue weighted by Gasteiger charge is 2.32. The molecule has 0 spiro atoms. The van der Waals surface area contributed by atoms with Gasteiger partial charge in [0.2, 0.25) is 0 Å². The van der Waals surface area contributed by atoms with Crippen molar-refractivity contribution in [2.45, 2.75) is 6.42 Å². The van der Waals surface area contributed by atoms with Crippen LogP contribution in [0.1, 0.15) is 27.0 Å². The van der Waals surface area contributed by atoms with Gasteiger partial charge >= 0.3 is 0 Å². The van der Waals surface area contributed by atoms with Gasteiger partial charge in [-0.15, -0.1) is 0 Å². The molecule has 1 N–H and O–H groups in total. The molecule has 0 saturated carbocycles. The van der Waals surface area contributed by atoms with Gasteiger partial charge in [-0.2, -0.15) is 0 Å². The van der Waals surface area contributed by atoms with E-state index < -0.39 is 0 Å². The first-order valence-corrected chi connectivity index (χ1v) is 13.6. The van der Waals surface area contributed by atoms with Gasteiger partial charge < -0.3 is 33.9 Å². The Labute approximate surface area is 241 Å². The van der Waals surface area contributed by atoms with Gasteiger partial charge in [0.25, 0.3) is 5.91 Å². The van der Waals surface area contributed by atoms with Crippen molar-refractivity contribution in [1.82, 2.24) is 10.2 Å². The number of fused-ring (bicyclic) bond motifs is 1. The zero-order valence-corrected chi connectivity index (χ0v) is 24.3. The number of piperazine rings is 1. The van der Waals surface area contributed by atoms with Crippen LogP contribution < -0.4 is 33.9 Å². The minimum Gasteiger partial charge on any atom is -0.495 e. The SMILES string of the molecule is COc1ccc(C=C2NC(=O)c3c2cc(OC)c(OC)c3CCN2CCN(c3ccccc3OC)CC2)cc1OC. The van der Waals surface area contributed by atoms with E-state index in [1.54, 1.807) is 35.5 Å². The first-order chi connectivity index (χ1) is 20.0. The third kappa shape index (κ3) is 5.63. The van der Waals surface area contributed by atoms with E-state index >= 15 is 0 Å². The zero-order valence-electron chi connectivity index (χ0n) is 24.3. The summed E-state index contributed by atoms with van der Waals surface area (Å²) >= 11 is 0. The molecule has 9 nitrogen and oxygen atoms in total. The number of hydrogen-bond acceptors (Lipinski definition) is 8. The summed E-state index contributed by atoms with van der Waals surface area (Å²) < 4.78 is 27.9. The van der Waals surface area contributed by atoms with Crippen molar-refractivity contribution in [3.05, 3.63) is 70.8 Å². The maximum Gasteiger partial charge on any atom is 0.256 e. The van der Waals surface area contributed by atoms with Crippen LogP contribution in [0.3, 0.4) is 0 Å². The van der Waals surface area contributed by atoms with Gasteiger partial charge in [-0.1, -0.05) is 18.2 Å². The molecule has 1 fully saturated rings. The molecule has 216 valence electrons. The molecule has 0 atom stereocenters. The lowest BCUT2D eigenvalue weighted by molar-refractivity contribution is 0.0979. The normalized spacial score (nSPS) is 15.9. The third-order valence-electron chi connectivity index (χ3n) is 7.73. The predicted octanol–water partition coefficient (Wildman–Crippen LogP) is 4.34. The van der Waals surface area contributed by atoms with E-state index in [1.807, 2.05) is 48.5 Å². The molecule has 5 rings (SSSR count). The van der Waals surface area contributed by atoms with Gasteiger partial charge in [0.15, 0.2) is 23.0 Å². The Balaban J connectivity index is 1.39. The van der Waals surface area contributed by atoms with E-state index in [2.05, 4.69) is 21.2 Å². The van der Waals surface area contributed by atoms with Crippen LogP contribution in [0, 0.1) is 0 Å². The van der Waals surface area contributed by atoms with E-state index in [4.69, 9.17) is 23.7 Å². The summed E-state index contributed by atoms with van der Waals surface area (Å²) in [6.45, 7) is 4.39. The van der Waals surface area contributed by atoms with Crippen molar-refractivity contribution in [3.63, 3.8) is 0 Å². The molecule has 2 aliphatic rings. The van der Waals surface area contributed by atoms with Crippen molar-refractivity contribution in [1.29, 1.82) is 0 Å². The van der Waals surface area contributed by atoms with E-state index in [9.17, 15) is 4.79 Å². The summed E-state index contributed by atoms with van der Waals surface area (Å²) in [7, 11) is 8.15. The van der Waals surface area contributed by atoms with Crippen molar-refractivity contribution in [2.75, 3.05) is 73.2 Å². The van der Waals surface area contributed by atoms with Crippen LogP contribution in [0.4, 0.5) is 5.69 Å². The number of carbonyl (C=O) groups excluding carboxylic acids is 1. The molecule has 0 unspecified atom stereocenters. The van der Waals surface area contributed by atoms with Gasteiger partial charge in [-0.25, -0.2) is 0 Å². The van der Waals surface area contributed by atoms with Gasteiger partial charge in [-0.3, -0.25) is 9.69 Å². The number of nitrogens with zero attached hydrogens (tertiary/aromatic N) is 2. The Morgan fingerprint density at radius 1 is 0.780 bits per heavy atom. The van der Waals surface area contributed by atoms with Crippen LogP contribution in [0.2, 0.25) is 0 Å². The highest BCUT2D eigenvalue weighted by Crippen LogP contribution is 2.42. The third-order valence-corrected chi connectivity index (χ3v) is 7.73. The Morgan fingerprint density at radius 3 is 2.17 bits per heavy atom. The van der Waals surface area contributed by atoms with E-state index in [1.165, 1.54) is 0 Å². The van der Waals surface area contributed by atoms with Gasteiger partial charge in [0, 0.05) is 49.5 Å². The number of anilines is 1. The summed E-state index contributed by atoms with van der Waals surface area (Å²) in [5.41, 5.74) is 4.95. The molecule has 41 heavy (non-hydrogen) atoms. The Bertz CT molecular complexity index is 1450. The number of carbonyl (C=O) groups is 1. The van der Waals surface area contributed by atoms with E-state index in [-0.39, 0.29) is 5.91 Å². The lowest BCUT2D eigenvalue weighted by Gasteiger charge is -2.36. The number of amides is 1. The van der Waals surface area contributed by atoms with E-state index in [0.717, 1.165) is 60.9 Å². The molecular formula is C32H37N3O6. The van der Waals surface area contributed by atoms with Crippen molar-refractivity contribution in [3.8, 4) is 28.7 Å². The molecular weight excluding hydrogens is 522 g/mol. The maximum absolute atomic E-state index is 13.4. The number of ether oxygens (including phenoxy) is 5. The highest BCUT2D eigenvalue weighted by atomic mass is 16.5. The molecule has 9 heteroatoms. The standard InChI is InChI=1S/C32H37N3O6/c1-37-26-9-7-6-8-25(26)35-16-14-34(15-17-35)13-12-22-30-23(20-29(40-4)31(22)41-5)24(33-32(30)36)18-21-10-11-27(38-2)28(19-21)39-3/h6-11,18-20H,12-17H2,1-5H3,(H,33,36). The minimum atomic E-state index is -0.149. The predicted molar refractivity (Wildman–Crippen MR) is 160 cm³/mol. The summed E-state index contributed by atoms with van der Waals surface area (Å²) in [5.74, 6) is 3.19. The lowest BCUT2D eigenvalue weighted by Crippen LogP contribution is -2.47. The second-order valence-corrected chi connectivity index (χ2v) is 9.89. The molecule has 1 amide bonds. The number of hydrogen-bond donors (Lipinski definition) is 1. The van der Waals surface area contributed by atoms with Crippen molar-refractivity contribution in [2.24, 2.45) is 0 Å². The summed E-state index contributed by atoms with van der Waals surface area (Å²) in [4.78, 5) is 18.1. The average molecular weight is 560 g/mol. The molecule has 3 aromatic carbocycles. The fraction of sp³-hybridized carbons (Fsp3) is 0.344. The van der Waals surface area contributed by atoms with Gasteiger partial charge in [-0.05, 0) is 48.4 Å². The number of benzene rings is 3. The first-order valence-electron chi connectivity index (χ1n) is 13.6. The first kappa shape index (κ1) is 28.2. The maximum atomic E-state index is 13.4. The topological polar surface area (TPSA) is 81.7 Å². The second-order valence-electron chi connectivity index (χ2n) is 9.89. The summed E-state index contributed by atoms with van der Waals surface area (Å²) in [6, 6.07) is 15.6. The lowest BCUT2D eigenvalue weighted by atomic mass is 9.96. The molecule has 0 aliphatic carbocycles. The molecule has 0 bridgehead atoms. The molecule has 1 saturated heterocycles. The van der Waals surface area contributed by atoms with Crippen LogP contribution in [0.5, 0.6) is 28.7 Å². The smallest absolute Gasteiger partial charge is 0.256 e. The Kier molecular flexibility index (Phi) is 8.54. The van der Waals surface area contributed by atoms with Crippen molar-refractivity contribution < 1.29 is 28.5 Å². The number of methoxy groups -OCH3 is 5. The van der Waals surface area contributed by atoms with Crippen molar-refractivity contribution >= 4 is 23.4 Å². The monoisotopic (exact) mass is 559 g/mol. The highest BCUT2D eigenvalue weighted by molar-refractivity contribution is 6.13. The fourth-order valence-corrected chi connectivity index (χ4v) is 5.63. The van der Waals surface area contributed by atoms with E-state index in [0.29, 0.717) is 40.7 Å². The quantitative estimate of drug-likeness (QED) is 0.393. The Morgan fingerprint density at radius 2 is 1.49 bits per heavy atom.